The Morgan fingerprint density at radius 3 is 2.79 bits per heavy atom. The van der Waals surface area contributed by atoms with Gasteiger partial charge in [0.15, 0.2) is 0 Å². The normalized spacial score (nSPS) is 28.1. The van der Waals surface area contributed by atoms with Crippen LogP contribution in [0.25, 0.3) is 0 Å². The van der Waals surface area contributed by atoms with Crippen molar-refractivity contribution < 1.29 is 32.4 Å². The Balaban J connectivity index is 2.98. The van der Waals surface area contributed by atoms with Gasteiger partial charge in [-0.2, -0.15) is 0 Å². The van der Waals surface area contributed by atoms with Gasteiger partial charge in [0.05, 0.1) is 10.7 Å². The van der Waals surface area contributed by atoms with Gasteiger partial charge in [-0.1, -0.05) is 25.8 Å². The van der Waals surface area contributed by atoms with E-state index in [0.717, 1.165) is 7.11 Å². The third-order valence-corrected chi connectivity index (χ3v) is 1.89. The molecule has 1 rings (SSSR count). The number of hydrogen-bond acceptors (Lipinski definition) is 4. The summed E-state index contributed by atoms with van der Waals surface area (Å²) in [6.45, 7) is -13.2. The minimum absolute atomic E-state index is 0.0489. The quantitative estimate of drug-likeness (QED) is 0.721. The molecule has 0 fully saturated rings. The Hall–Kier alpha value is -1.10. The molecule has 0 aliphatic carbocycles. The second-order valence-electron chi connectivity index (χ2n) is 3.39. The first-order valence-corrected chi connectivity index (χ1v) is 5.37. The first kappa shape index (κ1) is 5.35. The molecule has 0 radical (unpaired) electrons. The van der Waals surface area contributed by atoms with Crippen molar-refractivity contribution in [2.75, 3.05) is 26.8 Å². The Labute approximate surface area is 134 Å². The van der Waals surface area contributed by atoms with Crippen molar-refractivity contribution in [3.8, 4) is 5.75 Å². The molecule has 0 spiro atoms. The molecule has 4 nitrogen and oxygen atoms in total. The minimum atomic E-state index is -3.22. The van der Waals surface area contributed by atoms with Crippen LogP contribution in [0.5, 0.6) is 5.75 Å². The number of methoxy groups -OCH3 is 1. The second kappa shape index (κ2) is 8.91. The number of aliphatic hydroxyl groups is 1. The highest BCUT2D eigenvalue weighted by Gasteiger charge is 2.05. The van der Waals surface area contributed by atoms with E-state index < -0.39 is 51.9 Å². The predicted octanol–water partition coefficient (Wildman–Crippen LogP) is 1.61. The molecule has 0 heterocycles. The summed E-state index contributed by atoms with van der Waals surface area (Å²) in [7, 11) is 1.01. The maximum absolute atomic E-state index is 10.2. The van der Waals surface area contributed by atoms with Crippen molar-refractivity contribution >= 4 is 0 Å². The summed E-state index contributed by atoms with van der Waals surface area (Å²) >= 11 is 0. The Kier molecular flexibility index (Phi) is 2.51. The standard InChI is InChI=1S/C15H25NO3/c1-12(2)16-10-14(17)11-19-15-6-4-13(5-7-15)8-9-18-3/h4-7,12,14,16-17H,8-11H2,1-3H3/i1D3,2D3,8D2,9D2,10D2,14D. The molecular formula is C15H25NO3. The number of aryl methyl sites for hydroxylation is 1. The van der Waals surface area contributed by atoms with Gasteiger partial charge in [0.1, 0.15) is 18.4 Å². The second-order valence-corrected chi connectivity index (χ2v) is 3.39. The molecule has 0 aliphatic rings. The largest absolute Gasteiger partial charge is 0.491 e. The molecule has 2 N–H and O–H groups in total. The van der Waals surface area contributed by atoms with E-state index >= 15 is 0 Å². The molecule has 1 atom stereocenters. The van der Waals surface area contributed by atoms with Gasteiger partial charge in [0.2, 0.25) is 0 Å². The summed E-state index contributed by atoms with van der Waals surface area (Å²) in [5.74, 6) is -0.0489. The number of ether oxygens (including phenoxy) is 2. The smallest absolute Gasteiger partial charge is 0.119 e. The van der Waals surface area contributed by atoms with Gasteiger partial charge in [0, 0.05) is 33.4 Å². The SMILES string of the molecule is [2H]C([2H])([2H])C(NC([2H])([2H])C([2H])(O)COc1ccc(C([2H])([2H])C([2H])([2H])OC)cc1)C([2H])([2H])[2H]. The average molecular weight is 280 g/mol. The van der Waals surface area contributed by atoms with Crippen LogP contribution in [0.3, 0.4) is 0 Å². The maximum Gasteiger partial charge on any atom is 0.119 e. The maximum atomic E-state index is 10.2. The van der Waals surface area contributed by atoms with E-state index in [1.807, 2.05) is 0 Å². The molecule has 19 heavy (non-hydrogen) atoms. The van der Waals surface area contributed by atoms with Crippen molar-refractivity contribution in [2.24, 2.45) is 0 Å². The van der Waals surface area contributed by atoms with Crippen LogP contribution in [-0.2, 0) is 11.1 Å². The number of benzene rings is 1. The Bertz CT molecular complexity index is 745. The van der Waals surface area contributed by atoms with Crippen LogP contribution in [-0.4, -0.2) is 44.0 Å². The van der Waals surface area contributed by atoms with E-state index in [1.165, 1.54) is 24.3 Å². The van der Waals surface area contributed by atoms with Gasteiger partial charge < -0.3 is 19.9 Å². The summed E-state index contributed by atoms with van der Waals surface area (Å²) in [6.07, 6.45) is -5.65. The first-order chi connectivity index (χ1) is 14.1. The van der Waals surface area contributed by atoms with E-state index in [9.17, 15) is 5.11 Å². The third kappa shape index (κ3) is 7.15. The lowest BCUT2D eigenvalue weighted by Crippen LogP contribution is -2.35. The fourth-order valence-electron chi connectivity index (χ4n) is 1.09. The Morgan fingerprint density at radius 1 is 1.42 bits per heavy atom. The lowest BCUT2D eigenvalue weighted by atomic mass is 10.1. The number of nitrogens with one attached hydrogen (secondary N) is 1. The van der Waals surface area contributed by atoms with Crippen molar-refractivity contribution in [1.29, 1.82) is 0 Å². The molecule has 0 saturated carbocycles. The molecule has 1 unspecified atom stereocenters. The monoisotopic (exact) mass is 280 g/mol. The third-order valence-electron chi connectivity index (χ3n) is 1.89. The molecular weight excluding hydrogens is 242 g/mol. The molecule has 0 bridgehead atoms. The zero-order chi connectivity index (χ0) is 25.4. The molecule has 0 aliphatic heterocycles. The fraction of sp³-hybridized carbons (Fsp3) is 0.600. The molecule has 1 aromatic carbocycles. The van der Waals surface area contributed by atoms with Crippen LogP contribution in [0.4, 0.5) is 0 Å². The average Bonchev–Trinajstić information content (AvgIpc) is 2.62. The van der Waals surface area contributed by atoms with Crippen LogP contribution >= 0.6 is 0 Å². The molecule has 0 saturated heterocycles. The molecule has 0 amide bonds. The van der Waals surface area contributed by atoms with E-state index in [0.29, 0.717) is 0 Å². The zero-order valence-electron chi connectivity index (χ0n) is 23.4. The minimum Gasteiger partial charge on any atom is -0.491 e. The van der Waals surface area contributed by atoms with Crippen molar-refractivity contribution in [2.45, 2.75) is 32.2 Å². The van der Waals surface area contributed by atoms with Crippen LogP contribution in [0.1, 0.15) is 37.1 Å². The highest BCUT2D eigenvalue weighted by atomic mass is 16.5. The van der Waals surface area contributed by atoms with Crippen LogP contribution in [0.15, 0.2) is 24.3 Å². The number of rotatable bonds is 9. The van der Waals surface area contributed by atoms with Gasteiger partial charge in [-0.15, -0.1) is 0 Å². The van der Waals surface area contributed by atoms with Crippen LogP contribution in [0.2, 0.25) is 0 Å². The van der Waals surface area contributed by atoms with Gasteiger partial charge >= 0.3 is 0 Å². The highest BCUT2D eigenvalue weighted by Crippen LogP contribution is 2.12. The van der Waals surface area contributed by atoms with Gasteiger partial charge in [-0.05, 0) is 24.1 Å². The first-order valence-electron chi connectivity index (χ1n) is 11.9. The lowest BCUT2D eigenvalue weighted by molar-refractivity contribution is 0.104. The number of hydrogen-bond donors (Lipinski definition) is 2. The summed E-state index contributed by atoms with van der Waals surface area (Å²) in [5.41, 5.74) is -0.104. The van der Waals surface area contributed by atoms with E-state index in [2.05, 4.69) is 4.74 Å². The van der Waals surface area contributed by atoms with E-state index in [1.54, 1.807) is 5.32 Å². The lowest BCUT2D eigenvalue weighted by Gasteiger charge is -2.15. The van der Waals surface area contributed by atoms with Gasteiger partial charge in [0.25, 0.3) is 0 Å². The summed E-state index contributed by atoms with van der Waals surface area (Å²) in [5, 5.41) is 11.9. The van der Waals surface area contributed by atoms with Gasteiger partial charge in [-0.25, -0.2) is 0 Å². The van der Waals surface area contributed by atoms with Crippen LogP contribution in [0, 0.1) is 0 Å². The van der Waals surface area contributed by atoms with Crippen molar-refractivity contribution in [3.63, 3.8) is 0 Å². The van der Waals surface area contributed by atoms with Crippen molar-refractivity contribution in [1.82, 2.24) is 5.32 Å². The predicted molar refractivity (Wildman–Crippen MR) is 76.7 cm³/mol. The Morgan fingerprint density at radius 2 is 2.16 bits per heavy atom. The molecule has 0 aromatic heterocycles. The van der Waals surface area contributed by atoms with Gasteiger partial charge in [-0.3, -0.25) is 0 Å². The van der Waals surface area contributed by atoms with Crippen LogP contribution < -0.4 is 10.1 Å². The fourth-order valence-corrected chi connectivity index (χ4v) is 1.09. The molecule has 1 aromatic rings. The molecule has 4 heteroatoms. The summed E-state index contributed by atoms with van der Waals surface area (Å²) in [6, 6.07) is 2.35. The van der Waals surface area contributed by atoms with Crippen molar-refractivity contribution in [3.05, 3.63) is 29.8 Å². The topological polar surface area (TPSA) is 50.7 Å². The van der Waals surface area contributed by atoms with E-state index in [-0.39, 0.29) is 11.3 Å². The van der Waals surface area contributed by atoms with E-state index in [4.69, 9.17) is 22.6 Å². The molecule has 108 valence electrons. The zero-order valence-corrected chi connectivity index (χ0v) is 10.4. The summed E-state index contributed by atoms with van der Waals surface area (Å²) in [4.78, 5) is 0. The highest BCUT2D eigenvalue weighted by molar-refractivity contribution is 5.27. The summed E-state index contributed by atoms with van der Waals surface area (Å²) < 4.78 is 108.